The van der Waals surface area contributed by atoms with Crippen LogP contribution in [0.2, 0.25) is 5.02 Å². The van der Waals surface area contributed by atoms with Crippen LogP contribution >= 0.6 is 11.6 Å². The molecule has 1 unspecified atom stereocenters. The summed E-state index contributed by atoms with van der Waals surface area (Å²) in [6.07, 6.45) is 2.62. The number of nitrogens with zero attached hydrogens (tertiary/aromatic N) is 1. The van der Waals surface area contributed by atoms with E-state index in [0.717, 1.165) is 10.6 Å². The van der Waals surface area contributed by atoms with Crippen LogP contribution in [0.25, 0.3) is 0 Å². The molecule has 0 aliphatic carbocycles. The standard InChI is InChI=1S/C20H23ClN2O5S/c1-5-11-28-17-8-6-7-16(13-17)22-20(24)14(2)23(29(4,25)26)18-12-15(21)9-10-19(18)27-3/h5-10,12-14H,1,11H2,2-4H3,(H,22,24). The van der Waals surface area contributed by atoms with Crippen LogP contribution in [0.1, 0.15) is 6.92 Å². The molecule has 0 aliphatic heterocycles. The van der Waals surface area contributed by atoms with Crippen LogP contribution in [0.4, 0.5) is 11.4 Å². The third kappa shape index (κ3) is 5.88. The molecule has 9 heteroatoms. The van der Waals surface area contributed by atoms with Gasteiger partial charge in [0.2, 0.25) is 15.9 Å². The predicted octanol–water partition coefficient (Wildman–Crippen LogP) is 3.71. The molecule has 2 aromatic carbocycles. The first-order chi connectivity index (χ1) is 13.7. The molecule has 0 radical (unpaired) electrons. The van der Waals surface area contributed by atoms with Crippen molar-refractivity contribution in [3.8, 4) is 11.5 Å². The van der Waals surface area contributed by atoms with Gasteiger partial charge < -0.3 is 14.8 Å². The van der Waals surface area contributed by atoms with Gasteiger partial charge in [0, 0.05) is 16.8 Å². The molecule has 2 rings (SSSR count). The summed E-state index contributed by atoms with van der Waals surface area (Å²) >= 11 is 6.04. The van der Waals surface area contributed by atoms with Crippen molar-refractivity contribution >= 4 is 38.9 Å². The number of ether oxygens (including phenoxy) is 2. The van der Waals surface area contributed by atoms with E-state index in [1.54, 1.807) is 42.5 Å². The third-order valence-electron chi connectivity index (χ3n) is 3.94. The first-order valence-electron chi connectivity index (χ1n) is 8.65. The Kier molecular flexibility index (Phi) is 7.53. The zero-order valence-corrected chi connectivity index (χ0v) is 18.0. The number of hydrogen-bond acceptors (Lipinski definition) is 5. The van der Waals surface area contributed by atoms with Gasteiger partial charge in [-0.05, 0) is 37.3 Å². The number of amides is 1. The van der Waals surface area contributed by atoms with E-state index in [-0.39, 0.29) is 11.4 Å². The van der Waals surface area contributed by atoms with Crippen LogP contribution in [0.5, 0.6) is 11.5 Å². The molecule has 1 atom stereocenters. The van der Waals surface area contributed by atoms with E-state index in [1.807, 2.05) is 0 Å². The molecular weight excluding hydrogens is 416 g/mol. The molecule has 0 fully saturated rings. The summed E-state index contributed by atoms with van der Waals surface area (Å²) in [7, 11) is -2.42. The number of sulfonamides is 1. The van der Waals surface area contributed by atoms with Crippen LogP contribution in [0.15, 0.2) is 55.1 Å². The van der Waals surface area contributed by atoms with Crippen molar-refractivity contribution in [3.05, 3.63) is 60.1 Å². The molecule has 0 aromatic heterocycles. The number of benzene rings is 2. The van der Waals surface area contributed by atoms with Gasteiger partial charge in [-0.3, -0.25) is 9.10 Å². The van der Waals surface area contributed by atoms with Crippen LogP contribution in [-0.2, 0) is 14.8 Å². The quantitative estimate of drug-likeness (QED) is 0.603. The van der Waals surface area contributed by atoms with Gasteiger partial charge in [0.05, 0.1) is 19.1 Å². The second-order valence-corrected chi connectivity index (χ2v) is 8.46. The predicted molar refractivity (Wildman–Crippen MR) is 116 cm³/mol. The summed E-state index contributed by atoms with van der Waals surface area (Å²) in [5.41, 5.74) is 0.642. The van der Waals surface area contributed by atoms with Crippen molar-refractivity contribution in [2.24, 2.45) is 0 Å². The summed E-state index contributed by atoms with van der Waals surface area (Å²) < 4.78 is 36.7. The first kappa shape index (κ1) is 22.6. The number of carbonyl (C=O) groups is 1. The fourth-order valence-electron chi connectivity index (χ4n) is 2.68. The molecule has 0 bridgehead atoms. The van der Waals surface area contributed by atoms with E-state index >= 15 is 0 Å². The Bertz CT molecular complexity index is 994. The first-order valence-corrected chi connectivity index (χ1v) is 10.9. The zero-order chi connectivity index (χ0) is 21.6. The molecule has 0 heterocycles. The van der Waals surface area contributed by atoms with Crippen molar-refractivity contribution in [2.45, 2.75) is 13.0 Å². The highest BCUT2D eigenvalue weighted by molar-refractivity contribution is 7.92. The molecule has 1 N–H and O–H groups in total. The minimum absolute atomic E-state index is 0.174. The number of anilines is 2. The van der Waals surface area contributed by atoms with E-state index < -0.39 is 22.0 Å². The summed E-state index contributed by atoms with van der Waals surface area (Å²) in [6.45, 7) is 5.39. The fourth-order valence-corrected chi connectivity index (χ4v) is 4.02. The van der Waals surface area contributed by atoms with Gasteiger partial charge in [-0.1, -0.05) is 30.3 Å². The van der Waals surface area contributed by atoms with E-state index in [1.165, 1.54) is 20.1 Å². The molecule has 1 amide bonds. The van der Waals surface area contributed by atoms with Gasteiger partial charge in [0.1, 0.15) is 24.1 Å². The van der Waals surface area contributed by atoms with E-state index in [4.69, 9.17) is 21.1 Å². The lowest BCUT2D eigenvalue weighted by atomic mass is 10.2. The smallest absolute Gasteiger partial charge is 0.247 e. The largest absolute Gasteiger partial charge is 0.495 e. The Morgan fingerprint density at radius 1 is 1.31 bits per heavy atom. The monoisotopic (exact) mass is 438 g/mol. The molecule has 0 saturated carbocycles. The topological polar surface area (TPSA) is 84.9 Å². The van der Waals surface area contributed by atoms with E-state index in [0.29, 0.717) is 23.1 Å². The number of methoxy groups -OCH3 is 1. The normalized spacial score (nSPS) is 12.0. The van der Waals surface area contributed by atoms with Gasteiger partial charge in [-0.15, -0.1) is 0 Å². The van der Waals surface area contributed by atoms with E-state index in [9.17, 15) is 13.2 Å². The molecule has 156 valence electrons. The molecule has 2 aromatic rings. The average Bonchev–Trinajstić information content (AvgIpc) is 2.66. The summed E-state index contributed by atoms with van der Waals surface area (Å²) in [6, 6.07) is 10.2. The van der Waals surface area contributed by atoms with Gasteiger partial charge in [0.25, 0.3) is 0 Å². The second kappa shape index (κ2) is 9.67. The Morgan fingerprint density at radius 3 is 2.66 bits per heavy atom. The highest BCUT2D eigenvalue weighted by Crippen LogP contribution is 2.34. The molecule has 0 spiro atoms. The maximum absolute atomic E-state index is 12.8. The Morgan fingerprint density at radius 2 is 2.03 bits per heavy atom. The lowest BCUT2D eigenvalue weighted by Crippen LogP contribution is -2.45. The number of halogens is 1. The summed E-state index contributed by atoms with van der Waals surface area (Å²) in [4.78, 5) is 12.8. The Labute approximate surface area is 175 Å². The van der Waals surface area contributed by atoms with Crippen molar-refractivity contribution in [1.82, 2.24) is 0 Å². The molecular formula is C20H23ClN2O5S. The number of rotatable bonds is 9. The maximum atomic E-state index is 12.8. The second-order valence-electron chi connectivity index (χ2n) is 6.17. The Balaban J connectivity index is 2.33. The number of hydrogen-bond donors (Lipinski definition) is 1. The molecule has 29 heavy (non-hydrogen) atoms. The van der Waals surface area contributed by atoms with Gasteiger partial charge in [0.15, 0.2) is 0 Å². The van der Waals surface area contributed by atoms with Crippen molar-refractivity contribution in [2.75, 3.05) is 29.6 Å². The SMILES string of the molecule is C=CCOc1cccc(NC(=O)C(C)N(c2cc(Cl)ccc2OC)S(C)(=O)=O)c1. The van der Waals surface area contributed by atoms with Gasteiger partial charge in [-0.2, -0.15) is 0 Å². The fraction of sp³-hybridized carbons (Fsp3) is 0.250. The van der Waals surface area contributed by atoms with Crippen molar-refractivity contribution in [3.63, 3.8) is 0 Å². The van der Waals surface area contributed by atoms with Crippen LogP contribution in [0.3, 0.4) is 0 Å². The molecule has 0 aliphatic rings. The lowest BCUT2D eigenvalue weighted by Gasteiger charge is -2.29. The van der Waals surface area contributed by atoms with Crippen LogP contribution in [-0.4, -0.2) is 40.3 Å². The van der Waals surface area contributed by atoms with Crippen LogP contribution in [0, 0.1) is 0 Å². The maximum Gasteiger partial charge on any atom is 0.247 e. The minimum Gasteiger partial charge on any atom is -0.495 e. The van der Waals surface area contributed by atoms with E-state index in [2.05, 4.69) is 11.9 Å². The average molecular weight is 439 g/mol. The van der Waals surface area contributed by atoms with Crippen LogP contribution < -0.4 is 19.1 Å². The molecule has 7 nitrogen and oxygen atoms in total. The van der Waals surface area contributed by atoms with Crippen molar-refractivity contribution < 1.29 is 22.7 Å². The zero-order valence-electron chi connectivity index (χ0n) is 16.4. The third-order valence-corrected chi connectivity index (χ3v) is 5.40. The number of nitrogens with one attached hydrogen (secondary N) is 1. The Hall–Kier alpha value is -2.71. The van der Waals surface area contributed by atoms with Gasteiger partial charge in [-0.25, -0.2) is 8.42 Å². The summed E-state index contributed by atoms with van der Waals surface area (Å²) in [5, 5.41) is 3.02. The number of carbonyl (C=O) groups excluding carboxylic acids is 1. The summed E-state index contributed by atoms with van der Waals surface area (Å²) in [5.74, 6) is 0.296. The van der Waals surface area contributed by atoms with Crippen molar-refractivity contribution in [1.29, 1.82) is 0 Å². The highest BCUT2D eigenvalue weighted by Gasteiger charge is 2.31. The highest BCUT2D eigenvalue weighted by atomic mass is 35.5. The molecule has 0 saturated heterocycles. The lowest BCUT2D eigenvalue weighted by molar-refractivity contribution is -0.116. The minimum atomic E-state index is -3.83. The van der Waals surface area contributed by atoms with Gasteiger partial charge >= 0.3 is 0 Å².